The zero-order chi connectivity index (χ0) is 26.8. The number of aryl methyl sites for hydroxylation is 3. The maximum Gasteiger partial charge on any atom is 0.267 e. The van der Waals surface area contributed by atoms with Crippen LogP contribution in [-0.4, -0.2) is 45.2 Å². The normalized spacial score (nSPS) is 16.3. The number of para-hydroxylation sites is 1. The summed E-state index contributed by atoms with van der Waals surface area (Å²) in [6.07, 6.45) is 6.14. The number of hydrogen-bond donors (Lipinski definition) is 1. The topological polar surface area (TPSA) is 67.2 Å². The van der Waals surface area contributed by atoms with Crippen molar-refractivity contribution in [3.8, 4) is 5.69 Å². The number of nitrogens with zero attached hydrogens (tertiary/aromatic N) is 3. The number of carbonyl (C=O) groups is 1. The molecule has 2 aliphatic rings. The van der Waals surface area contributed by atoms with Gasteiger partial charge in [0.25, 0.3) is 5.56 Å². The minimum absolute atomic E-state index is 0.00216. The Morgan fingerprint density at radius 1 is 1.05 bits per heavy atom. The van der Waals surface area contributed by atoms with Crippen molar-refractivity contribution < 1.29 is 4.79 Å². The summed E-state index contributed by atoms with van der Waals surface area (Å²) in [5, 5.41) is 4.60. The lowest BCUT2D eigenvalue weighted by Gasteiger charge is -2.32. The van der Waals surface area contributed by atoms with Gasteiger partial charge < -0.3 is 5.32 Å². The molecule has 1 N–H and O–H groups in total. The molecule has 4 aromatic rings. The molecule has 0 bridgehead atoms. The zero-order valence-corrected chi connectivity index (χ0v) is 24.0. The number of benzene rings is 2. The van der Waals surface area contributed by atoms with Gasteiger partial charge in [-0.2, -0.15) is 0 Å². The fraction of sp³-hybridized carbons (Fsp3) is 0.387. The van der Waals surface area contributed by atoms with Crippen LogP contribution < -0.4 is 10.9 Å². The third kappa shape index (κ3) is 5.69. The Morgan fingerprint density at radius 2 is 1.79 bits per heavy atom. The summed E-state index contributed by atoms with van der Waals surface area (Å²) >= 11 is 3.02. The quantitative estimate of drug-likeness (QED) is 0.239. The van der Waals surface area contributed by atoms with Crippen LogP contribution in [0.1, 0.15) is 47.3 Å². The number of thioether (sulfide) groups is 1. The molecule has 6 rings (SSSR count). The zero-order valence-electron chi connectivity index (χ0n) is 22.3. The van der Waals surface area contributed by atoms with Crippen molar-refractivity contribution >= 4 is 39.2 Å². The highest BCUT2D eigenvalue weighted by Gasteiger charge is 2.25. The van der Waals surface area contributed by atoms with E-state index in [0.29, 0.717) is 5.16 Å². The largest absolute Gasteiger partial charge is 0.353 e. The first-order chi connectivity index (χ1) is 19.1. The van der Waals surface area contributed by atoms with Crippen molar-refractivity contribution in [2.45, 2.75) is 63.2 Å². The summed E-state index contributed by atoms with van der Waals surface area (Å²) < 4.78 is 1.74. The molecule has 6 nitrogen and oxygen atoms in total. The van der Waals surface area contributed by atoms with E-state index < -0.39 is 0 Å². The highest BCUT2D eigenvalue weighted by Crippen LogP contribution is 2.35. The Balaban J connectivity index is 1.17. The molecule has 1 aliphatic heterocycles. The summed E-state index contributed by atoms with van der Waals surface area (Å²) in [6.45, 7) is 4.91. The van der Waals surface area contributed by atoms with Crippen LogP contribution >= 0.6 is 23.1 Å². The predicted octanol–water partition coefficient (Wildman–Crippen LogP) is 5.51. The van der Waals surface area contributed by atoms with Crippen molar-refractivity contribution in [2.75, 3.05) is 18.8 Å². The van der Waals surface area contributed by atoms with Crippen LogP contribution in [0.2, 0.25) is 0 Å². The van der Waals surface area contributed by atoms with Gasteiger partial charge in [-0.15, -0.1) is 11.3 Å². The summed E-state index contributed by atoms with van der Waals surface area (Å²) in [4.78, 5) is 36.5. The Labute approximate surface area is 237 Å². The number of hydrogen-bond acceptors (Lipinski definition) is 6. The number of carbonyl (C=O) groups excluding carboxylic acids is 1. The van der Waals surface area contributed by atoms with E-state index in [-0.39, 0.29) is 23.3 Å². The van der Waals surface area contributed by atoms with E-state index in [4.69, 9.17) is 4.98 Å². The van der Waals surface area contributed by atoms with Gasteiger partial charge in [0, 0.05) is 30.6 Å². The molecule has 1 amide bonds. The van der Waals surface area contributed by atoms with Gasteiger partial charge >= 0.3 is 0 Å². The Hall–Kier alpha value is -2.94. The molecule has 202 valence electrons. The highest BCUT2D eigenvalue weighted by molar-refractivity contribution is 7.99. The number of rotatable bonds is 7. The number of amides is 1. The molecule has 2 aromatic carbocycles. The van der Waals surface area contributed by atoms with Crippen LogP contribution in [0.5, 0.6) is 0 Å². The van der Waals surface area contributed by atoms with Gasteiger partial charge in [-0.05, 0) is 68.2 Å². The van der Waals surface area contributed by atoms with Crippen molar-refractivity contribution in [3.05, 3.63) is 86.5 Å². The molecule has 1 saturated heterocycles. The van der Waals surface area contributed by atoms with Crippen LogP contribution in [0.15, 0.2) is 64.5 Å². The monoisotopic (exact) mass is 558 g/mol. The van der Waals surface area contributed by atoms with E-state index >= 15 is 0 Å². The van der Waals surface area contributed by atoms with Crippen LogP contribution in [0.3, 0.4) is 0 Å². The molecular weight excluding hydrogens is 525 g/mol. The lowest BCUT2D eigenvalue weighted by atomic mass is 9.97. The average molecular weight is 559 g/mol. The van der Waals surface area contributed by atoms with E-state index in [1.165, 1.54) is 34.2 Å². The molecule has 3 heterocycles. The Bertz CT molecular complexity index is 1540. The molecule has 1 aliphatic carbocycles. The lowest BCUT2D eigenvalue weighted by molar-refractivity contribution is -0.119. The first kappa shape index (κ1) is 26.3. The fourth-order valence-electron chi connectivity index (χ4n) is 5.79. The summed E-state index contributed by atoms with van der Waals surface area (Å²) in [6, 6.07) is 18.6. The minimum atomic E-state index is -0.0117. The number of piperidine rings is 1. The standard InChI is InChI=1S/C31H34N4O2S2/c1-21-9-5-7-13-25(21)35-30(37)28-24-12-6-8-14-26(24)39-29(28)33-31(35)38-20-27(36)32-23-15-17-34(18-16-23)19-22-10-3-2-4-11-22/h2-5,7,9-11,13,23H,6,8,12,14-20H2,1H3,(H,32,36). The molecule has 0 spiro atoms. The van der Waals surface area contributed by atoms with Gasteiger partial charge in [0.1, 0.15) is 4.83 Å². The molecule has 0 atom stereocenters. The molecule has 1 fully saturated rings. The highest BCUT2D eigenvalue weighted by atomic mass is 32.2. The first-order valence-corrected chi connectivity index (χ1v) is 15.7. The molecule has 8 heteroatoms. The molecule has 2 aromatic heterocycles. The second-order valence-electron chi connectivity index (χ2n) is 10.6. The van der Waals surface area contributed by atoms with Crippen LogP contribution in [0.4, 0.5) is 0 Å². The number of aromatic nitrogens is 2. The van der Waals surface area contributed by atoms with Crippen molar-refractivity contribution in [1.82, 2.24) is 19.8 Å². The van der Waals surface area contributed by atoms with Gasteiger partial charge in [-0.3, -0.25) is 19.1 Å². The average Bonchev–Trinajstić information content (AvgIpc) is 3.33. The van der Waals surface area contributed by atoms with Crippen molar-refractivity contribution in [3.63, 3.8) is 0 Å². The van der Waals surface area contributed by atoms with E-state index in [1.807, 2.05) is 37.3 Å². The Kier molecular flexibility index (Phi) is 7.86. The van der Waals surface area contributed by atoms with Gasteiger partial charge in [-0.1, -0.05) is 60.3 Å². The van der Waals surface area contributed by atoms with E-state index in [9.17, 15) is 9.59 Å². The summed E-state index contributed by atoms with van der Waals surface area (Å²) in [5.41, 5.74) is 4.35. The van der Waals surface area contributed by atoms with Crippen LogP contribution in [0, 0.1) is 6.92 Å². The summed E-state index contributed by atoms with van der Waals surface area (Å²) in [5.74, 6) is 0.233. The maximum absolute atomic E-state index is 14.0. The van der Waals surface area contributed by atoms with Gasteiger partial charge in [0.15, 0.2) is 5.16 Å². The van der Waals surface area contributed by atoms with Gasteiger partial charge in [0.2, 0.25) is 5.91 Å². The second kappa shape index (κ2) is 11.7. The number of thiophene rings is 1. The van der Waals surface area contributed by atoms with Crippen molar-refractivity contribution in [2.24, 2.45) is 0 Å². The number of fused-ring (bicyclic) bond motifs is 3. The van der Waals surface area contributed by atoms with E-state index in [0.717, 1.165) is 73.2 Å². The van der Waals surface area contributed by atoms with Crippen molar-refractivity contribution in [1.29, 1.82) is 0 Å². The first-order valence-electron chi connectivity index (χ1n) is 13.9. The van der Waals surface area contributed by atoms with E-state index in [1.54, 1.807) is 15.9 Å². The van der Waals surface area contributed by atoms with Crippen LogP contribution in [0.25, 0.3) is 15.9 Å². The van der Waals surface area contributed by atoms with E-state index in [2.05, 4.69) is 34.5 Å². The second-order valence-corrected chi connectivity index (χ2v) is 12.6. The molecule has 0 radical (unpaired) electrons. The Morgan fingerprint density at radius 3 is 2.59 bits per heavy atom. The maximum atomic E-state index is 14.0. The fourth-order valence-corrected chi connectivity index (χ4v) is 7.91. The van der Waals surface area contributed by atoms with Gasteiger partial charge in [0.05, 0.1) is 16.8 Å². The van der Waals surface area contributed by atoms with Gasteiger partial charge in [-0.25, -0.2) is 4.98 Å². The SMILES string of the molecule is Cc1ccccc1-n1c(SCC(=O)NC2CCN(Cc3ccccc3)CC2)nc2sc3c(c2c1=O)CCCC3. The summed E-state index contributed by atoms with van der Waals surface area (Å²) in [7, 11) is 0. The predicted molar refractivity (Wildman–Crippen MR) is 160 cm³/mol. The molecule has 39 heavy (non-hydrogen) atoms. The minimum Gasteiger partial charge on any atom is -0.353 e. The van der Waals surface area contributed by atoms with Crippen LogP contribution in [-0.2, 0) is 24.2 Å². The number of nitrogens with one attached hydrogen (secondary N) is 1. The molecular formula is C31H34N4O2S2. The smallest absolute Gasteiger partial charge is 0.267 e. The molecule has 0 saturated carbocycles. The number of likely N-dealkylation sites (tertiary alicyclic amines) is 1. The molecule has 0 unspecified atom stereocenters. The lowest BCUT2D eigenvalue weighted by Crippen LogP contribution is -2.44. The third-order valence-electron chi connectivity index (χ3n) is 7.85. The third-order valence-corrected chi connectivity index (χ3v) is 9.97.